The van der Waals surface area contributed by atoms with Crippen molar-refractivity contribution in [2.24, 2.45) is 0 Å². The molecule has 17 heavy (non-hydrogen) atoms. The number of hydrogen-bond donors (Lipinski definition) is 1. The van der Waals surface area contributed by atoms with Crippen LogP contribution in [0.3, 0.4) is 0 Å². The summed E-state index contributed by atoms with van der Waals surface area (Å²) in [7, 11) is 0. The zero-order chi connectivity index (χ0) is 12.4. The number of halogens is 3. The van der Waals surface area contributed by atoms with Crippen LogP contribution in [0.25, 0.3) is 0 Å². The molecule has 90 valence electrons. The van der Waals surface area contributed by atoms with Crippen LogP contribution in [0, 0.1) is 6.92 Å². The number of furan rings is 1. The third kappa shape index (κ3) is 2.89. The Labute approximate surface area is 114 Å². The standard InChI is InChI=1S/C12H10Cl3NO/c1-7-2-3-17-11(7)6-16-12-9(14)4-8(13)5-10(12)15/h2-5,16H,6H2,1H3. The lowest BCUT2D eigenvalue weighted by Gasteiger charge is -2.10. The smallest absolute Gasteiger partial charge is 0.125 e. The lowest BCUT2D eigenvalue weighted by Crippen LogP contribution is -2.00. The Morgan fingerprint density at radius 3 is 2.35 bits per heavy atom. The van der Waals surface area contributed by atoms with E-state index in [1.807, 2.05) is 13.0 Å². The van der Waals surface area contributed by atoms with Gasteiger partial charge in [0.05, 0.1) is 28.5 Å². The van der Waals surface area contributed by atoms with Crippen LogP contribution in [0.5, 0.6) is 0 Å². The van der Waals surface area contributed by atoms with Crippen LogP contribution in [0.1, 0.15) is 11.3 Å². The van der Waals surface area contributed by atoms with Crippen LogP contribution in [-0.4, -0.2) is 0 Å². The molecule has 0 fully saturated rings. The summed E-state index contributed by atoms with van der Waals surface area (Å²) in [4.78, 5) is 0. The molecule has 0 aliphatic carbocycles. The van der Waals surface area contributed by atoms with Crippen molar-refractivity contribution < 1.29 is 4.42 Å². The average Bonchev–Trinajstić information content (AvgIpc) is 2.62. The fourth-order valence-corrected chi connectivity index (χ4v) is 2.42. The minimum absolute atomic E-state index is 0.492. The van der Waals surface area contributed by atoms with Gasteiger partial charge in [0.2, 0.25) is 0 Å². The molecule has 0 aliphatic heterocycles. The van der Waals surface area contributed by atoms with Crippen LogP contribution < -0.4 is 5.32 Å². The predicted molar refractivity (Wildman–Crippen MR) is 72.2 cm³/mol. The van der Waals surface area contributed by atoms with Gasteiger partial charge in [-0.1, -0.05) is 34.8 Å². The van der Waals surface area contributed by atoms with Crippen LogP contribution in [0.4, 0.5) is 5.69 Å². The molecule has 2 rings (SSSR count). The summed E-state index contributed by atoms with van der Waals surface area (Å²) in [6.45, 7) is 2.51. The summed E-state index contributed by atoms with van der Waals surface area (Å²) in [6.07, 6.45) is 1.65. The summed E-state index contributed by atoms with van der Waals surface area (Å²) in [5, 5.41) is 4.63. The molecule has 0 spiro atoms. The number of aryl methyl sites for hydroxylation is 1. The van der Waals surface area contributed by atoms with Crippen molar-refractivity contribution in [1.82, 2.24) is 0 Å². The summed E-state index contributed by atoms with van der Waals surface area (Å²) in [5.74, 6) is 0.854. The van der Waals surface area contributed by atoms with E-state index in [1.165, 1.54) is 0 Å². The van der Waals surface area contributed by atoms with Crippen LogP contribution in [0.15, 0.2) is 28.9 Å². The molecule has 2 nitrogen and oxygen atoms in total. The molecular formula is C12H10Cl3NO. The highest BCUT2D eigenvalue weighted by molar-refractivity contribution is 6.41. The van der Waals surface area contributed by atoms with E-state index in [1.54, 1.807) is 18.4 Å². The number of hydrogen-bond acceptors (Lipinski definition) is 2. The number of nitrogens with one attached hydrogen (secondary N) is 1. The van der Waals surface area contributed by atoms with Gasteiger partial charge >= 0.3 is 0 Å². The molecule has 1 heterocycles. The molecule has 1 aromatic heterocycles. The van der Waals surface area contributed by atoms with Crippen LogP contribution in [0.2, 0.25) is 15.1 Å². The van der Waals surface area contributed by atoms with Crippen molar-refractivity contribution in [3.05, 3.63) is 50.9 Å². The second-order valence-corrected chi connectivity index (χ2v) is 4.88. The first-order chi connectivity index (χ1) is 8.08. The van der Waals surface area contributed by atoms with E-state index in [2.05, 4.69) is 5.32 Å². The first kappa shape index (κ1) is 12.6. The van der Waals surface area contributed by atoms with Gasteiger partial charge in [0.1, 0.15) is 5.76 Å². The Morgan fingerprint density at radius 2 is 1.82 bits per heavy atom. The Morgan fingerprint density at radius 1 is 1.18 bits per heavy atom. The molecular weight excluding hydrogens is 280 g/mol. The van der Waals surface area contributed by atoms with E-state index in [9.17, 15) is 0 Å². The molecule has 0 unspecified atom stereocenters. The fraction of sp³-hybridized carbons (Fsp3) is 0.167. The number of rotatable bonds is 3. The van der Waals surface area contributed by atoms with Gasteiger partial charge in [0.25, 0.3) is 0 Å². The molecule has 0 saturated carbocycles. The lowest BCUT2D eigenvalue weighted by molar-refractivity contribution is 0.515. The molecule has 0 bridgehead atoms. The average molecular weight is 291 g/mol. The minimum atomic E-state index is 0.492. The Kier molecular flexibility index (Phi) is 3.87. The van der Waals surface area contributed by atoms with Crippen LogP contribution in [-0.2, 0) is 6.54 Å². The molecule has 1 aromatic carbocycles. The number of benzene rings is 1. The molecule has 2 aromatic rings. The summed E-state index contributed by atoms with van der Waals surface area (Å²) in [5.41, 5.74) is 1.74. The summed E-state index contributed by atoms with van der Waals surface area (Å²) >= 11 is 17.9. The molecule has 0 aliphatic rings. The van der Waals surface area contributed by atoms with E-state index in [4.69, 9.17) is 39.2 Å². The van der Waals surface area contributed by atoms with Crippen molar-refractivity contribution in [1.29, 1.82) is 0 Å². The zero-order valence-corrected chi connectivity index (χ0v) is 11.3. The van der Waals surface area contributed by atoms with Gasteiger partial charge in [-0.25, -0.2) is 0 Å². The Bertz CT molecular complexity index is 513. The van der Waals surface area contributed by atoms with Gasteiger partial charge in [0.15, 0.2) is 0 Å². The highest BCUT2D eigenvalue weighted by atomic mass is 35.5. The quantitative estimate of drug-likeness (QED) is 0.844. The van der Waals surface area contributed by atoms with Crippen molar-refractivity contribution >= 4 is 40.5 Å². The van der Waals surface area contributed by atoms with Crippen molar-refractivity contribution in [3.63, 3.8) is 0 Å². The van der Waals surface area contributed by atoms with Gasteiger partial charge in [-0.05, 0) is 30.7 Å². The molecule has 0 atom stereocenters. The van der Waals surface area contributed by atoms with Gasteiger partial charge in [-0.15, -0.1) is 0 Å². The number of anilines is 1. The largest absolute Gasteiger partial charge is 0.467 e. The zero-order valence-electron chi connectivity index (χ0n) is 9.06. The minimum Gasteiger partial charge on any atom is -0.467 e. The first-order valence-corrected chi connectivity index (χ1v) is 6.12. The maximum atomic E-state index is 6.05. The van der Waals surface area contributed by atoms with Crippen molar-refractivity contribution in [2.45, 2.75) is 13.5 Å². The highest BCUT2D eigenvalue weighted by Crippen LogP contribution is 2.34. The van der Waals surface area contributed by atoms with E-state index in [-0.39, 0.29) is 0 Å². The Hall–Kier alpha value is -0.830. The maximum Gasteiger partial charge on any atom is 0.125 e. The molecule has 1 N–H and O–H groups in total. The third-order valence-corrected chi connectivity index (χ3v) is 3.22. The monoisotopic (exact) mass is 289 g/mol. The van der Waals surface area contributed by atoms with Crippen molar-refractivity contribution in [2.75, 3.05) is 5.32 Å². The van der Waals surface area contributed by atoms with E-state index >= 15 is 0 Å². The van der Waals surface area contributed by atoms with Gasteiger partial charge in [0, 0.05) is 5.02 Å². The van der Waals surface area contributed by atoms with E-state index < -0.39 is 0 Å². The van der Waals surface area contributed by atoms with Gasteiger partial charge in [-0.2, -0.15) is 0 Å². The molecule has 0 amide bonds. The highest BCUT2D eigenvalue weighted by Gasteiger charge is 2.09. The molecule has 0 radical (unpaired) electrons. The van der Waals surface area contributed by atoms with E-state index in [0.29, 0.717) is 27.3 Å². The second-order valence-electron chi connectivity index (χ2n) is 3.62. The lowest BCUT2D eigenvalue weighted by atomic mass is 10.2. The van der Waals surface area contributed by atoms with Crippen molar-refractivity contribution in [3.8, 4) is 0 Å². The summed E-state index contributed by atoms with van der Waals surface area (Å²) in [6, 6.07) is 5.20. The van der Waals surface area contributed by atoms with Crippen LogP contribution >= 0.6 is 34.8 Å². The topological polar surface area (TPSA) is 25.2 Å². The van der Waals surface area contributed by atoms with Gasteiger partial charge < -0.3 is 9.73 Å². The normalized spacial score (nSPS) is 10.6. The fourth-order valence-electron chi connectivity index (χ4n) is 1.46. The molecule has 0 saturated heterocycles. The van der Waals surface area contributed by atoms with E-state index in [0.717, 1.165) is 11.3 Å². The molecule has 5 heteroatoms. The SMILES string of the molecule is Cc1ccoc1CNc1c(Cl)cc(Cl)cc1Cl. The second kappa shape index (κ2) is 5.21. The predicted octanol–water partition coefficient (Wildman–Crippen LogP) is 5.16. The summed E-state index contributed by atoms with van der Waals surface area (Å²) < 4.78 is 5.31. The maximum absolute atomic E-state index is 6.05. The third-order valence-electron chi connectivity index (χ3n) is 2.40. The Balaban J connectivity index is 2.17. The van der Waals surface area contributed by atoms with Gasteiger partial charge in [-0.3, -0.25) is 0 Å². The first-order valence-electron chi connectivity index (χ1n) is 4.99.